The third kappa shape index (κ3) is 4.85. The fraction of sp³-hybridized carbons (Fsp3) is 0.308. The van der Waals surface area contributed by atoms with Gasteiger partial charge in [-0.25, -0.2) is 4.79 Å². The highest BCUT2D eigenvalue weighted by Crippen LogP contribution is 2.25. The van der Waals surface area contributed by atoms with Gasteiger partial charge in [0.15, 0.2) is 16.3 Å². The molecule has 12 heteroatoms. The molecule has 0 unspecified atom stereocenters. The summed E-state index contributed by atoms with van der Waals surface area (Å²) in [5.74, 6) is 0.658. The largest absolute Gasteiger partial charge is 0.345 e. The van der Waals surface area contributed by atoms with E-state index in [1.165, 1.54) is 11.6 Å². The number of aromatic nitrogens is 4. The van der Waals surface area contributed by atoms with Crippen LogP contribution in [0.15, 0.2) is 56.5 Å². The lowest BCUT2D eigenvalue weighted by Gasteiger charge is -2.37. The average molecular weight is 617 g/mol. The molecule has 38 heavy (non-hydrogen) atoms. The second-order valence-corrected chi connectivity index (χ2v) is 11.0. The van der Waals surface area contributed by atoms with Crippen LogP contribution in [0.25, 0.3) is 11.2 Å². The number of halogens is 2. The number of hydrogen-bond donors (Lipinski definition) is 1. The number of imidazole rings is 1. The lowest BCUT2D eigenvalue weighted by Crippen LogP contribution is -2.50. The van der Waals surface area contributed by atoms with E-state index in [9.17, 15) is 9.59 Å². The van der Waals surface area contributed by atoms with Crippen LogP contribution < -0.4 is 21.5 Å². The van der Waals surface area contributed by atoms with Gasteiger partial charge in [0.1, 0.15) is 0 Å². The van der Waals surface area contributed by atoms with Crippen molar-refractivity contribution in [2.45, 2.75) is 13.5 Å². The number of hydrogen-bond acceptors (Lipinski definition) is 5. The quantitative estimate of drug-likeness (QED) is 0.350. The molecule has 4 aromatic rings. The van der Waals surface area contributed by atoms with Gasteiger partial charge in [-0.05, 0) is 54.5 Å². The minimum absolute atomic E-state index is 0.361. The number of anilines is 2. The predicted octanol–water partition coefficient (Wildman–Crippen LogP) is 3.73. The van der Waals surface area contributed by atoms with E-state index in [4.69, 9.17) is 28.8 Å². The number of rotatable bonds is 4. The minimum atomic E-state index is -0.403. The standard InChI is InChI=1S/C26H27BrClN7O2S/c1-16-19(28)5-4-6-20(16)29-25(38)34-13-11-33(12-14-34)24-30-22-21(23(36)32(3)26(37)31(22)2)35(24)15-17-7-9-18(27)10-8-17/h4-10H,11-15H2,1-3H3,(H,29,38). The van der Waals surface area contributed by atoms with Crippen LogP contribution >= 0.6 is 39.7 Å². The van der Waals surface area contributed by atoms with Crippen molar-refractivity contribution in [1.29, 1.82) is 0 Å². The third-order valence-corrected chi connectivity index (χ3v) is 8.24. The summed E-state index contributed by atoms with van der Waals surface area (Å²) in [4.78, 5) is 35.0. The summed E-state index contributed by atoms with van der Waals surface area (Å²) in [5.41, 5.74) is 2.87. The Hall–Kier alpha value is -3.15. The second-order valence-electron chi connectivity index (χ2n) is 9.32. The zero-order chi connectivity index (χ0) is 27.1. The summed E-state index contributed by atoms with van der Waals surface area (Å²) in [7, 11) is 3.14. The number of piperazine rings is 1. The summed E-state index contributed by atoms with van der Waals surface area (Å²) in [6.07, 6.45) is 0. The lowest BCUT2D eigenvalue weighted by molar-refractivity contribution is 0.386. The summed E-state index contributed by atoms with van der Waals surface area (Å²) in [5, 5.41) is 4.64. The Bertz CT molecular complexity index is 1650. The Kier molecular flexibility index (Phi) is 7.34. The molecule has 1 fully saturated rings. The van der Waals surface area contributed by atoms with E-state index in [2.05, 4.69) is 31.0 Å². The second kappa shape index (κ2) is 10.5. The molecule has 1 aliphatic heterocycles. The SMILES string of the molecule is Cc1c(Cl)cccc1NC(=S)N1CCN(c2nc3c(c(=O)n(C)c(=O)n3C)n2Cc2ccc(Br)cc2)CC1. The van der Waals surface area contributed by atoms with Crippen molar-refractivity contribution in [1.82, 2.24) is 23.6 Å². The van der Waals surface area contributed by atoms with E-state index >= 15 is 0 Å². The van der Waals surface area contributed by atoms with E-state index in [1.807, 2.05) is 54.0 Å². The molecule has 0 spiro atoms. The van der Waals surface area contributed by atoms with E-state index in [1.54, 1.807) is 7.05 Å². The fourth-order valence-corrected chi connectivity index (χ4v) is 5.38. The monoisotopic (exact) mass is 615 g/mol. The van der Waals surface area contributed by atoms with Gasteiger partial charge < -0.3 is 15.1 Å². The molecule has 3 heterocycles. The number of benzene rings is 2. The van der Waals surface area contributed by atoms with Crippen molar-refractivity contribution >= 4 is 67.7 Å². The Labute approximate surface area is 238 Å². The molecular weight excluding hydrogens is 590 g/mol. The molecule has 5 rings (SSSR count). The van der Waals surface area contributed by atoms with Crippen LogP contribution in [0, 0.1) is 6.92 Å². The van der Waals surface area contributed by atoms with Gasteiger partial charge in [0.05, 0.1) is 6.54 Å². The Balaban J connectivity index is 1.45. The highest BCUT2D eigenvalue weighted by Gasteiger charge is 2.26. The average Bonchev–Trinajstić information content (AvgIpc) is 3.29. The number of thiocarbonyl (C=S) groups is 1. The minimum Gasteiger partial charge on any atom is -0.345 e. The molecular formula is C26H27BrClN7O2S. The molecule has 0 saturated carbocycles. The number of fused-ring (bicyclic) bond motifs is 1. The normalized spacial score (nSPS) is 13.8. The maximum absolute atomic E-state index is 13.2. The maximum Gasteiger partial charge on any atom is 0.332 e. The highest BCUT2D eigenvalue weighted by molar-refractivity contribution is 9.10. The molecule has 198 valence electrons. The summed E-state index contributed by atoms with van der Waals surface area (Å²) in [6, 6.07) is 13.7. The number of aryl methyl sites for hydroxylation is 1. The maximum atomic E-state index is 13.2. The van der Waals surface area contributed by atoms with Crippen molar-refractivity contribution < 1.29 is 0 Å². The van der Waals surface area contributed by atoms with Gasteiger partial charge >= 0.3 is 5.69 Å². The van der Waals surface area contributed by atoms with Crippen LogP contribution in [0.1, 0.15) is 11.1 Å². The lowest BCUT2D eigenvalue weighted by atomic mass is 10.2. The van der Waals surface area contributed by atoms with Crippen LogP contribution in [0.4, 0.5) is 11.6 Å². The summed E-state index contributed by atoms with van der Waals surface area (Å²) >= 11 is 15.4. The molecule has 1 aliphatic rings. The molecule has 2 aromatic carbocycles. The van der Waals surface area contributed by atoms with Gasteiger partial charge in [0.25, 0.3) is 5.56 Å². The van der Waals surface area contributed by atoms with Crippen molar-refractivity contribution in [2.75, 3.05) is 36.4 Å². The van der Waals surface area contributed by atoms with E-state index < -0.39 is 5.69 Å². The van der Waals surface area contributed by atoms with Crippen LogP contribution in [-0.4, -0.2) is 54.9 Å². The van der Waals surface area contributed by atoms with Crippen LogP contribution in [0.2, 0.25) is 5.02 Å². The zero-order valence-corrected chi connectivity index (χ0v) is 24.4. The van der Waals surface area contributed by atoms with Crippen molar-refractivity contribution in [3.05, 3.63) is 83.9 Å². The van der Waals surface area contributed by atoms with Gasteiger partial charge in [-0.15, -0.1) is 0 Å². The topological polar surface area (TPSA) is 80.3 Å². The van der Waals surface area contributed by atoms with Crippen molar-refractivity contribution in [3.8, 4) is 0 Å². The van der Waals surface area contributed by atoms with Crippen LogP contribution in [0.3, 0.4) is 0 Å². The Morgan fingerprint density at radius 2 is 1.74 bits per heavy atom. The number of nitrogens with zero attached hydrogens (tertiary/aromatic N) is 6. The smallest absolute Gasteiger partial charge is 0.332 e. The molecule has 0 bridgehead atoms. The predicted molar refractivity (Wildman–Crippen MR) is 160 cm³/mol. The molecule has 1 saturated heterocycles. The molecule has 0 aliphatic carbocycles. The van der Waals surface area contributed by atoms with Crippen LogP contribution in [0.5, 0.6) is 0 Å². The first-order valence-corrected chi connectivity index (χ1v) is 13.7. The van der Waals surface area contributed by atoms with E-state index in [0.29, 0.717) is 60.0 Å². The van der Waals surface area contributed by atoms with Gasteiger partial charge in [-0.2, -0.15) is 4.98 Å². The van der Waals surface area contributed by atoms with E-state index in [0.717, 1.165) is 25.9 Å². The third-order valence-electron chi connectivity index (χ3n) is 6.94. The molecule has 0 atom stereocenters. The van der Waals surface area contributed by atoms with Crippen LogP contribution in [-0.2, 0) is 20.6 Å². The molecule has 0 amide bonds. The summed E-state index contributed by atoms with van der Waals surface area (Å²) < 4.78 is 5.46. The highest BCUT2D eigenvalue weighted by atomic mass is 79.9. The van der Waals surface area contributed by atoms with Crippen molar-refractivity contribution in [3.63, 3.8) is 0 Å². The van der Waals surface area contributed by atoms with Gasteiger partial charge in [-0.3, -0.25) is 18.5 Å². The van der Waals surface area contributed by atoms with Gasteiger partial charge in [-0.1, -0.05) is 45.7 Å². The summed E-state index contributed by atoms with van der Waals surface area (Å²) in [6.45, 7) is 5.04. The molecule has 1 N–H and O–H groups in total. The van der Waals surface area contributed by atoms with E-state index in [-0.39, 0.29) is 5.56 Å². The molecule has 9 nitrogen and oxygen atoms in total. The Morgan fingerprint density at radius 1 is 1.05 bits per heavy atom. The van der Waals surface area contributed by atoms with Gasteiger partial charge in [0, 0.05) is 55.5 Å². The van der Waals surface area contributed by atoms with Crippen molar-refractivity contribution in [2.24, 2.45) is 14.1 Å². The van der Waals surface area contributed by atoms with Gasteiger partial charge in [0.2, 0.25) is 5.95 Å². The first-order valence-electron chi connectivity index (χ1n) is 12.1. The zero-order valence-electron chi connectivity index (χ0n) is 21.2. The molecule has 2 aromatic heterocycles. The number of nitrogens with one attached hydrogen (secondary N) is 1. The first-order chi connectivity index (χ1) is 18.2. The fourth-order valence-electron chi connectivity index (χ4n) is 4.65. The Morgan fingerprint density at radius 3 is 2.42 bits per heavy atom. The first kappa shape index (κ1) is 26.5. The molecule has 0 radical (unpaired) electrons.